The van der Waals surface area contributed by atoms with Gasteiger partial charge in [-0.15, -0.1) is 0 Å². The van der Waals surface area contributed by atoms with E-state index in [2.05, 4.69) is 5.32 Å². The van der Waals surface area contributed by atoms with Crippen molar-refractivity contribution in [3.8, 4) is 0 Å². The van der Waals surface area contributed by atoms with E-state index in [9.17, 15) is 4.79 Å². The highest BCUT2D eigenvalue weighted by Gasteiger charge is 2.09. The van der Waals surface area contributed by atoms with E-state index in [1.54, 1.807) is 30.3 Å². The molecule has 16 heavy (non-hydrogen) atoms. The summed E-state index contributed by atoms with van der Waals surface area (Å²) in [6, 6.07) is 8.58. The molecule has 0 fully saturated rings. The summed E-state index contributed by atoms with van der Waals surface area (Å²) >= 11 is 5.74. The molecule has 0 spiro atoms. The third kappa shape index (κ3) is 2.44. The van der Waals surface area contributed by atoms with Crippen molar-refractivity contribution in [1.82, 2.24) is 0 Å². The SMILES string of the molecule is Cc1coc(C(=O)Nc2ccc(Cl)cc2)c1. The number of aryl methyl sites for hydroxylation is 1. The van der Waals surface area contributed by atoms with Gasteiger partial charge in [-0.1, -0.05) is 11.6 Å². The second-order valence-corrected chi connectivity index (χ2v) is 3.89. The Balaban J connectivity index is 2.10. The van der Waals surface area contributed by atoms with Crippen LogP contribution < -0.4 is 5.32 Å². The minimum Gasteiger partial charge on any atom is -0.459 e. The molecule has 0 unspecified atom stereocenters. The molecule has 0 bridgehead atoms. The fourth-order valence-corrected chi connectivity index (χ4v) is 1.40. The van der Waals surface area contributed by atoms with E-state index < -0.39 is 0 Å². The molecular formula is C12H10ClNO2. The van der Waals surface area contributed by atoms with Gasteiger partial charge in [-0.05, 0) is 42.8 Å². The number of carbonyl (C=O) groups excluding carboxylic acids is 1. The first-order valence-corrected chi connectivity index (χ1v) is 5.15. The summed E-state index contributed by atoms with van der Waals surface area (Å²) in [5.41, 5.74) is 1.60. The highest BCUT2D eigenvalue weighted by Crippen LogP contribution is 2.15. The largest absolute Gasteiger partial charge is 0.459 e. The standard InChI is InChI=1S/C12H10ClNO2/c1-8-6-11(16-7-8)12(15)14-10-4-2-9(13)3-5-10/h2-7H,1H3,(H,14,15). The maximum atomic E-state index is 11.7. The maximum Gasteiger partial charge on any atom is 0.291 e. The fourth-order valence-electron chi connectivity index (χ4n) is 1.28. The molecule has 1 N–H and O–H groups in total. The molecule has 0 aliphatic carbocycles. The number of rotatable bonds is 2. The van der Waals surface area contributed by atoms with E-state index in [-0.39, 0.29) is 5.91 Å². The summed E-state index contributed by atoms with van der Waals surface area (Å²) in [4.78, 5) is 11.7. The Labute approximate surface area is 98.0 Å². The quantitative estimate of drug-likeness (QED) is 0.866. The Morgan fingerprint density at radius 2 is 2.00 bits per heavy atom. The minimum absolute atomic E-state index is 0.268. The molecule has 2 rings (SSSR count). The molecule has 3 nitrogen and oxygen atoms in total. The lowest BCUT2D eigenvalue weighted by molar-refractivity contribution is 0.0996. The zero-order chi connectivity index (χ0) is 11.5. The van der Waals surface area contributed by atoms with Crippen LogP contribution in [0, 0.1) is 6.92 Å². The molecule has 4 heteroatoms. The molecule has 0 aliphatic rings. The van der Waals surface area contributed by atoms with E-state index in [1.807, 2.05) is 6.92 Å². The van der Waals surface area contributed by atoms with Crippen molar-refractivity contribution in [2.75, 3.05) is 5.32 Å². The van der Waals surface area contributed by atoms with Gasteiger partial charge in [0.2, 0.25) is 0 Å². The van der Waals surface area contributed by atoms with E-state index in [0.717, 1.165) is 5.56 Å². The molecule has 1 aromatic carbocycles. The van der Waals surface area contributed by atoms with E-state index in [0.29, 0.717) is 16.5 Å². The van der Waals surface area contributed by atoms with Crippen LogP contribution in [-0.4, -0.2) is 5.91 Å². The second kappa shape index (κ2) is 4.41. The fraction of sp³-hybridized carbons (Fsp3) is 0.0833. The highest BCUT2D eigenvalue weighted by molar-refractivity contribution is 6.30. The van der Waals surface area contributed by atoms with Crippen LogP contribution in [0.15, 0.2) is 41.0 Å². The van der Waals surface area contributed by atoms with Gasteiger partial charge in [0, 0.05) is 10.7 Å². The van der Waals surface area contributed by atoms with Crippen molar-refractivity contribution >= 4 is 23.2 Å². The van der Waals surface area contributed by atoms with Gasteiger partial charge < -0.3 is 9.73 Å². The minimum atomic E-state index is -0.268. The molecule has 2 aromatic rings. The zero-order valence-corrected chi connectivity index (χ0v) is 9.41. The molecule has 0 saturated heterocycles. The number of hydrogen-bond donors (Lipinski definition) is 1. The van der Waals surface area contributed by atoms with Crippen LogP contribution in [0.25, 0.3) is 0 Å². The van der Waals surface area contributed by atoms with Crippen LogP contribution in [0.4, 0.5) is 5.69 Å². The van der Waals surface area contributed by atoms with Gasteiger partial charge in [0.15, 0.2) is 5.76 Å². The van der Waals surface area contributed by atoms with Crippen molar-refractivity contribution in [3.63, 3.8) is 0 Å². The number of benzene rings is 1. The second-order valence-electron chi connectivity index (χ2n) is 3.45. The van der Waals surface area contributed by atoms with Gasteiger partial charge in [-0.2, -0.15) is 0 Å². The average molecular weight is 236 g/mol. The van der Waals surface area contributed by atoms with Crippen LogP contribution in [0.3, 0.4) is 0 Å². The summed E-state index contributed by atoms with van der Waals surface area (Å²) in [6.45, 7) is 1.86. The number of hydrogen-bond acceptors (Lipinski definition) is 2. The normalized spacial score (nSPS) is 10.1. The van der Waals surface area contributed by atoms with Crippen LogP contribution in [0.2, 0.25) is 5.02 Å². The van der Waals surface area contributed by atoms with E-state index in [4.69, 9.17) is 16.0 Å². The lowest BCUT2D eigenvalue weighted by atomic mass is 10.3. The lowest BCUT2D eigenvalue weighted by Crippen LogP contribution is -2.10. The number of furan rings is 1. The van der Waals surface area contributed by atoms with Gasteiger partial charge in [-0.25, -0.2) is 0 Å². The maximum absolute atomic E-state index is 11.7. The summed E-state index contributed by atoms with van der Waals surface area (Å²) in [5.74, 6) is 0.0304. The summed E-state index contributed by atoms with van der Waals surface area (Å²) < 4.78 is 5.08. The number of amides is 1. The molecular weight excluding hydrogens is 226 g/mol. The smallest absolute Gasteiger partial charge is 0.291 e. The molecule has 1 heterocycles. The van der Waals surface area contributed by atoms with Crippen LogP contribution in [0.1, 0.15) is 16.1 Å². The summed E-state index contributed by atoms with van der Waals surface area (Å²) in [6.07, 6.45) is 1.54. The monoisotopic (exact) mass is 235 g/mol. The lowest BCUT2D eigenvalue weighted by Gasteiger charge is -2.02. The van der Waals surface area contributed by atoms with Crippen molar-refractivity contribution in [1.29, 1.82) is 0 Å². The average Bonchev–Trinajstić information content (AvgIpc) is 2.68. The first kappa shape index (κ1) is 10.8. The number of anilines is 1. The van der Waals surface area contributed by atoms with Gasteiger partial charge in [0.25, 0.3) is 5.91 Å². The van der Waals surface area contributed by atoms with Crippen LogP contribution in [0.5, 0.6) is 0 Å². The number of nitrogens with one attached hydrogen (secondary N) is 1. The third-order valence-electron chi connectivity index (χ3n) is 2.06. The van der Waals surface area contributed by atoms with Crippen molar-refractivity contribution in [3.05, 3.63) is 52.9 Å². The topological polar surface area (TPSA) is 42.2 Å². The first-order chi connectivity index (χ1) is 7.65. The van der Waals surface area contributed by atoms with Gasteiger partial charge in [-0.3, -0.25) is 4.79 Å². The summed E-state index contributed by atoms with van der Waals surface area (Å²) in [7, 11) is 0. The number of halogens is 1. The number of carbonyl (C=O) groups is 1. The Bertz CT molecular complexity index is 502. The predicted octanol–water partition coefficient (Wildman–Crippen LogP) is 3.49. The summed E-state index contributed by atoms with van der Waals surface area (Å²) in [5, 5.41) is 3.34. The predicted molar refractivity (Wildman–Crippen MR) is 62.9 cm³/mol. The molecule has 1 amide bonds. The van der Waals surface area contributed by atoms with E-state index in [1.165, 1.54) is 6.26 Å². The molecule has 0 atom stereocenters. The first-order valence-electron chi connectivity index (χ1n) is 4.77. The molecule has 82 valence electrons. The van der Waals surface area contributed by atoms with E-state index >= 15 is 0 Å². The zero-order valence-electron chi connectivity index (χ0n) is 8.66. The Morgan fingerprint density at radius 3 is 2.56 bits per heavy atom. The third-order valence-corrected chi connectivity index (χ3v) is 2.31. The van der Waals surface area contributed by atoms with Gasteiger partial charge in [0.05, 0.1) is 6.26 Å². The Morgan fingerprint density at radius 1 is 1.31 bits per heavy atom. The highest BCUT2D eigenvalue weighted by atomic mass is 35.5. The molecule has 0 radical (unpaired) electrons. The molecule has 1 aromatic heterocycles. The van der Waals surface area contributed by atoms with Crippen LogP contribution in [-0.2, 0) is 0 Å². The Hall–Kier alpha value is -1.74. The van der Waals surface area contributed by atoms with Crippen LogP contribution >= 0.6 is 11.6 Å². The van der Waals surface area contributed by atoms with Gasteiger partial charge in [0.1, 0.15) is 0 Å². The molecule has 0 aliphatic heterocycles. The van der Waals surface area contributed by atoms with Crippen molar-refractivity contribution < 1.29 is 9.21 Å². The molecule has 0 saturated carbocycles. The Kier molecular flexibility index (Phi) is 2.97. The van der Waals surface area contributed by atoms with Crippen molar-refractivity contribution in [2.24, 2.45) is 0 Å². The van der Waals surface area contributed by atoms with Crippen molar-refractivity contribution in [2.45, 2.75) is 6.92 Å². The van der Waals surface area contributed by atoms with Gasteiger partial charge >= 0.3 is 0 Å².